The van der Waals surface area contributed by atoms with Crippen molar-refractivity contribution < 1.29 is 13.9 Å². The Kier molecular flexibility index (Phi) is 7.58. The van der Waals surface area contributed by atoms with Gasteiger partial charge in [0.25, 0.3) is 0 Å². The topological polar surface area (TPSA) is 43.6 Å². The van der Waals surface area contributed by atoms with Crippen LogP contribution in [0, 0.1) is 5.82 Å². The number of carbonyl (C=O) groups excluding carboxylic acids is 1. The van der Waals surface area contributed by atoms with Crippen LogP contribution in [-0.2, 0) is 11.3 Å². The largest absolute Gasteiger partial charge is 0.497 e. The molecule has 0 fully saturated rings. The molecule has 8 heteroatoms. The number of hydrogen-bond donors (Lipinski definition) is 0. The fraction of sp³-hybridized carbons (Fsp3) is 0.300. The highest BCUT2D eigenvalue weighted by molar-refractivity contribution is 7.99. The fourth-order valence-corrected chi connectivity index (χ4v) is 4.87. The summed E-state index contributed by atoms with van der Waals surface area (Å²) in [6.07, 6.45) is 2.40. The van der Waals surface area contributed by atoms with Crippen molar-refractivity contribution in [3.8, 4) is 5.75 Å². The van der Waals surface area contributed by atoms with Crippen molar-refractivity contribution in [1.82, 2.24) is 4.57 Å². The van der Waals surface area contributed by atoms with Crippen LogP contribution in [0.15, 0.2) is 52.4 Å². The summed E-state index contributed by atoms with van der Waals surface area (Å²) in [6, 6.07) is 12.2. The zero-order valence-corrected chi connectivity index (χ0v) is 18.1. The molecule has 0 radical (unpaired) electrons. The molecule has 28 heavy (non-hydrogen) atoms. The van der Waals surface area contributed by atoms with E-state index in [1.54, 1.807) is 31.0 Å². The third kappa shape index (κ3) is 5.40. The lowest BCUT2D eigenvalue weighted by Gasteiger charge is -2.05. The second kappa shape index (κ2) is 10.1. The van der Waals surface area contributed by atoms with Gasteiger partial charge in [-0.3, -0.25) is 4.79 Å². The Balaban J connectivity index is 1.77. The molecule has 4 nitrogen and oxygen atoms in total. The second-order valence-electron chi connectivity index (χ2n) is 5.92. The maximum absolute atomic E-state index is 13.0. The summed E-state index contributed by atoms with van der Waals surface area (Å²) in [6.45, 7) is 0.783. The van der Waals surface area contributed by atoms with Crippen molar-refractivity contribution in [3.05, 3.63) is 53.1 Å². The summed E-state index contributed by atoms with van der Waals surface area (Å²) in [4.78, 5) is 18.4. The summed E-state index contributed by atoms with van der Waals surface area (Å²) in [7, 11) is 1.65. The molecule has 0 unspecified atom stereocenters. The zero-order chi connectivity index (χ0) is 19.9. The van der Waals surface area contributed by atoms with Crippen molar-refractivity contribution in [2.75, 3.05) is 24.9 Å². The number of rotatable bonds is 8. The first-order valence-corrected chi connectivity index (χ1v) is 11.9. The molecule has 0 bridgehead atoms. The van der Waals surface area contributed by atoms with Gasteiger partial charge in [0, 0.05) is 35.4 Å². The van der Waals surface area contributed by atoms with Crippen LogP contribution >= 0.6 is 34.9 Å². The molecule has 1 aromatic heterocycles. The van der Waals surface area contributed by atoms with Gasteiger partial charge in [0.2, 0.25) is 5.91 Å². The number of thioether (sulfide) groups is 2. The number of halogens is 1. The zero-order valence-electron chi connectivity index (χ0n) is 15.7. The standard InChI is InChI=1S/C20H21FN2O2S3/c1-25-15-5-8-18-17(13-15)23(10-12-26-2)20(28-18)22-19(24)9-11-27-16-6-3-14(21)4-7-16/h3-8,13H,9-12H2,1-2H3. The predicted molar refractivity (Wildman–Crippen MR) is 117 cm³/mol. The van der Waals surface area contributed by atoms with Gasteiger partial charge in [-0.05, 0) is 42.7 Å². The van der Waals surface area contributed by atoms with Crippen molar-refractivity contribution in [2.24, 2.45) is 4.99 Å². The predicted octanol–water partition coefficient (Wildman–Crippen LogP) is 4.82. The van der Waals surface area contributed by atoms with E-state index in [0.29, 0.717) is 17.0 Å². The van der Waals surface area contributed by atoms with Gasteiger partial charge in [0.1, 0.15) is 11.6 Å². The van der Waals surface area contributed by atoms with Crippen LogP contribution in [0.1, 0.15) is 6.42 Å². The number of aryl methyl sites for hydroxylation is 1. The van der Waals surface area contributed by atoms with Crippen LogP contribution < -0.4 is 9.54 Å². The lowest BCUT2D eigenvalue weighted by atomic mass is 10.3. The summed E-state index contributed by atoms with van der Waals surface area (Å²) in [5, 5.41) is 0. The van der Waals surface area contributed by atoms with E-state index >= 15 is 0 Å². The average molecular weight is 437 g/mol. The number of fused-ring (bicyclic) bond motifs is 1. The number of methoxy groups -OCH3 is 1. The molecule has 2 aromatic carbocycles. The van der Waals surface area contributed by atoms with E-state index in [1.807, 2.05) is 18.2 Å². The van der Waals surface area contributed by atoms with Crippen molar-refractivity contribution in [1.29, 1.82) is 0 Å². The van der Waals surface area contributed by atoms with Gasteiger partial charge in [-0.1, -0.05) is 11.3 Å². The molecule has 3 aromatic rings. The van der Waals surface area contributed by atoms with Crippen LogP contribution in [0.3, 0.4) is 0 Å². The first-order valence-electron chi connectivity index (χ1n) is 8.73. The van der Waals surface area contributed by atoms with Gasteiger partial charge < -0.3 is 9.30 Å². The van der Waals surface area contributed by atoms with Gasteiger partial charge in [-0.15, -0.1) is 11.8 Å². The number of nitrogens with zero attached hydrogens (tertiary/aromatic N) is 2. The Labute approximate surface area is 175 Å². The maximum Gasteiger partial charge on any atom is 0.249 e. The minimum Gasteiger partial charge on any atom is -0.497 e. The molecule has 0 atom stereocenters. The number of ether oxygens (including phenoxy) is 1. The van der Waals surface area contributed by atoms with Gasteiger partial charge in [0.05, 0.1) is 17.3 Å². The van der Waals surface area contributed by atoms with Gasteiger partial charge in [0.15, 0.2) is 4.80 Å². The van der Waals surface area contributed by atoms with Crippen LogP contribution in [-0.4, -0.2) is 35.3 Å². The molecule has 0 aliphatic rings. The molecule has 0 spiro atoms. The van der Waals surface area contributed by atoms with E-state index < -0.39 is 0 Å². The van der Waals surface area contributed by atoms with Crippen molar-refractivity contribution in [3.63, 3.8) is 0 Å². The Morgan fingerprint density at radius 3 is 2.71 bits per heavy atom. The van der Waals surface area contributed by atoms with Crippen LogP contribution in [0.2, 0.25) is 0 Å². The molecule has 148 valence electrons. The van der Waals surface area contributed by atoms with E-state index in [1.165, 1.54) is 35.2 Å². The number of benzene rings is 2. The van der Waals surface area contributed by atoms with Crippen LogP contribution in [0.5, 0.6) is 5.75 Å². The molecular formula is C20H21FN2O2S3. The monoisotopic (exact) mass is 436 g/mol. The molecule has 0 aliphatic heterocycles. The number of hydrogen-bond acceptors (Lipinski definition) is 5. The Morgan fingerprint density at radius 1 is 1.21 bits per heavy atom. The lowest BCUT2D eigenvalue weighted by Crippen LogP contribution is -2.18. The van der Waals surface area contributed by atoms with E-state index in [2.05, 4.69) is 15.8 Å². The Hall–Kier alpha value is -1.77. The highest BCUT2D eigenvalue weighted by atomic mass is 32.2. The molecule has 0 aliphatic carbocycles. The maximum atomic E-state index is 13.0. The minimum atomic E-state index is -0.258. The van der Waals surface area contributed by atoms with E-state index in [4.69, 9.17) is 4.74 Å². The molecule has 1 amide bonds. The summed E-state index contributed by atoms with van der Waals surface area (Å²) >= 11 is 4.80. The normalized spacial score (nSPS) is 11.9. The number of aromatic nitrogens is 1. The van der Waals surface area contributed by atoms with Gasteiger partial charge >= 0.3 is 0 Å². The van der Waals surface area contributed by atoms with Crippen molar-refractivity contribution in [2.45, 2.75) is 17.9 Å². The highest BCUT2D eigenvalue weighted by Gasteiger charge is 2.09. The van der Waals surface area contributed by atoms with Crippen molar-refractivity contribution >= 4 is 51.0 Å². The van der Waals surface area contributed by atoms with Gasteiger partial charge in [-0.2, -0.15) is 16.8 Å². The van der Waals surface area contributed by atoms with Gasteiger partial charge in [-0.25, -0.2) is 4.39 Å². The van der Waals surface area contributed by atoms with Crippen LogP contribution in [0.25, 0.3) is 10.2 Å². The number of amides is 1. The number of thiazole rings is 1. The summed E-state index contributed by atoms with van der Waals surface area (Å²) in [5.74, 6) is 1.93. The van der Waals surface area contributed by atoms with Crippen LogP contribution in [0.4, 0.5) is 4.39 Å². The summed E-state index contributed by atoms with van der Waals surface area (Å²) < 4.78 is 21.5. The smallest absolute Gasteiger partial charge is 0.249 e. The van der Waals surface area contributed by atoms with E-state index in [0.717, 1.165) is 33.2 Å². The molecule has 0 N–H and O–H groups in total. The Morgan fingerprint density at radius 2 is 2.00 bits per heavy atom. The average Bonchev–Trinajstić information content (AvgIpc) is 3.03. The SMILES string of the molecule is COc1ccc2sc(=NC(=O)CCSc3ccc(F)cc3)n(CCSC)c2c1. The second-order valence-corrected chi connectivity index (χ2v) is 9.08. The van der Waals surface area contributed by atoms with E-state index in [9.17, 15) is 9.18 Å². The fourth-order valence-electron chi connectivity index (χ4n) is 2.61. The highest BCUT2D eigenvalue weighted by Crippen LogP contribution is 2.23. The molecule has 1 heterocycles. The third-order valence-electron chi connectivity index (χ3n) is 4.03. The molecule has 0 saturated carbocycles. The molecule has 3 rings (SSSR count). The Bertz CT molecular complexity index is 1010. The first-order chi connectivity index (χ1) is 13.6. The number of carbonyl (C=O) groups is 1. The third-order valence-corrected chi connectivity index (χ3v) is 6.69. The lowest BCUT2D eigenvalue weighted by molar-refractivity contribution is -0.117. The quantitative estimate of drug-likeness (QED) is 0.475. The van der Waals surface area contributed by atoms with E-state index in [-0.39, 0.29) is 11.7 Å². The molecule has 0 saturated heterocycles. The molecular weight excluding hydrogens is 415 g/mol. The summed E-state index contributed by atoms with van der Waals surface area (Å²) in [5.41, 5.74) is 1.03. The first kappa shape index (κ1) is 21.0. The minimum absolute atomic E-state index is 0.147.